The molecule has 0 spiro atoms. The van der Waals surface area contributed by atoms with Gasteiger partial charge >= 0.3 is 5.97 Å². The number of ether oxygens (including phenoxy) is 1. The molecule has 0 fully saturated rings. The van der Waals surface area contributed by atoms with Crippen LogP contribution in [-0.4, -0.2) is 24.2 Å². The summed E-state index contributed by atoms with van der Waals surface area (Å²) in [6.07, 6.45) is 0.506. The maximum absolute atomic E-state index is 11.4. The third-order valence-electron chi connectivity index (χ3n) is 2.27. The van der Waals surface area contributed by atoms with E-state index >= 15 is 0 Å². The predicted octanol–water partition coefficient (Wildman–Crippen LogP) is 2.67. The smallest absolute Gasteiger partial charge is 0.309 e. The Morgan fingerprint density at radius 1 is 1.24 bits per heavy atom. The van der Waals surface area contributed by atoms with Gasteiger partial charge in [0, 0.05) is 10.9 Å². The number of ketones is 1. The summed E-state index contributed by atoms with van der Waals surface area (Å²) in [5.74, 6) is -0.228. The molecule has 0 aliphatic heterocycles. The monoisotopic (exact) mass is 362 g/mol. The summed E-state index contributed by atoms with van der Waals surface area (Å²) in [7, 11) is 1.35. The van der Waals surface area contributed by atoms with Crippen molar-refractivity contribution < 1.29 is 14.3 Å². The van der Waals surface area contributed by atoms with Gasteiger partial charge in [0.05, 0.1) is 18.9 Å². The summed E-state index contributed by atoms with van der Waals surface area (Å²) in [6.45, 7) is 0. The molecule has 17 heavy (non-hydrogen) atoms. The second-order valence-corrected chi connectivity index (χ2v) is 4.99. The number of alkyl halides is 1. The molecular weight excluding hydrogens is 352 g/mol. The van der Waals surface area contributed by atoms with Crippen molar-refractivity contribution >= 4 is 43.6 Å². The molecule has 1 aromatic rings. The van der Waals surface area contributed by atoms with E-state index in [1.54, 1.807) is 0 Å². The number of rotatable bonds is 5. The van der Waals surface area contributed by atoms with Crippen molar-refractivity contribution in [3.05, 3.63) is 33.8 Å². The molecule has 0 atom stereocenters. The second-order valence-electron chi connectivity index (χ2n) is 3.52. The van der Waals surface area contributed by atoms with Crippen LogP contribution < -0.4 is 0 Å². The zero-order valence-electron chi connectivity index (χ0n) is 9.33. The Morgan fingerprint density at radius 2 is 1.94 bits per heavy atom. The minimum Gasteiger partial charge on any atom is -0.469 e. The zero-order valence-corrected chi connectivity index (χ0v) is 12.5. The van der Waals surface area contributed by atoms with Crippen LogP contribution in [0.15, 0.2) is 22.7 Å². The number of carbonyl (C=O) groups is 2. The molecule has 0 aliphatic rings. The molecule has 1 rings (SSSR count). The first-order valence-electron chi connectivity index (χ1n) is 4.98. The maximum atomic E-state index is 11.4. The molecule has 3 nitrogen and oxygen atoms in total. The van der Waals surface area contributed by atoms with Crippen LogP contribution in [0.1, 0.15) is 11.1 Å². The van der Waals surface area contributed by atoms with Gasteiger partial charge < -0.3 is 4.74 Å². The van der Waals surface area contributed by atoms with Gasteiger partial charge in [-0.3, -0.25) is 9.59 Å². The molecule has 1 aromatic carbocycles. The first-order valence-corrected chi connectivity index (χ1v) is 6.90. The maximum Gasteiger partial charge on any atom is 0.309 e. The van der Waals surface area contributed by atoms with Crippen LogP contribution in [0.4, 0.5) is 0 Å². The summed E-state index contributed by atoms with van der Waals surface area (Å²) >= 11 is 6.48. The van der Waals surface area contributed by atoms with Crippen molar-refractivity contribution in [2.24, 2.45) is 0 Å². The van der Waals surface area contributed by atoms with E-state index in [1.807, 2.05) is 18.2 Å². The molecule has 0 unspecified atom stereocenters. The topological polar surface area (TPSA) is 43.4 Å². The highest BCUT2D eigenvalue weighted by Gasteiger charge is 2.11. The van der Waals surface area contributed by atoms with E-state index in [4.69, 9.17) is 0 Å². The van der Waals surface area contributed by atoms with Gasteiger partial charge in [0.2, 0.25) is 0 Å². The third kappa shape index (κ3) is 4.60. The number of hydrogen-bond acceptors (Lipinski definition) is 3. The summed E-state index contributed by atoms with van der Waals surface area (Å²) in [6, 6.07) is 5.54. The van der Waals surface area contributed by atoms with Gasteiger partial charge in [0.1, 0.15) is 5.78 Å². The molecule has 0 saturated carbocycles. The Hall–Kier alpha value is -0.680. The Labute approximate surface area is 117 Å². The molecule has 0 saturated heterocycles. The lowest BCUT2D eigenvalue weighted by molar-refractivity contribution is -0.139. The number of Topliss-reactive ketones (excluding diaryl/α,β-unsaturated/α-hetero) is 1. The Bertz CT molecular complexity index is 430. The number of halogens is 2. The lowest BCUT2D eigenvalue weighted by atomic mass is 10.0. The van der Waals surface area contributed by atoms with Gasteiger partial charge in [0.15, 0.2) is 0 Å². The van der Waals surface area contributed by atoms with E-state index in [-0.39, 0.29) is 18.2 Å². The number of esters is 1. The van der Waals surface area contributed by atoms with E-state index in [9.17, 15) is 9.59 Å². The zero-order chi connectivity index (χ0) is 12.8. The molecule has 0 N–H and O–H groups in total. The molecule has 0 aromatic heterocycles. The van der Waals surface area contributed by atoms with Crippen molar-refractivity contribution in [3.63, 3.8) is 0 Å². The molecule has 92 valence electrons. The molecular formula is C12H12Br2O3. The van der Waals surface area contributed by atoms with Crippen molar-refractivity contribution in [2.75, 3.05) is 12.4 Å². The minimum atomic E-state index is -0.306. The van der Waals surface area contributed by atoms with E-state index in [0.29, 0.717) is 11.8 Å². The molecule has 0 aliphatic carbocycles. The molecule has 0 bridgehead atoms. The van der Waals surface area contributed by atoms with Crippen LogP contribution in [-0.2, 0) is 27.2 Å². The summed E-state index contributed by atoms with van der Waals surface area (Å²) in [4.78, 5) is 22.7. The van der Waals surface area contributed by atoms with Crippen molar-refractivity contribution in [1.82, 2.24) is 0 Å². The molecule has 5 heteroatoms. The average Bonchev–Trinajstić information content (AvgIpc) is 2.32. The number of methoxy groups -OCH3 is 1. The fraction of sp³-hybridized carbons (Fsp3) is 0.333. The van der Waals surface area contributed by atoms with E-state index in [0.717, 1.165) is 15.6 Å². The van der Waals surface area contributed by atoms with E-state index in [2.05, 4.69) is 36.6 Å². The van der Waals surface area contributed by atoms with Crippen molar-refractivity contribution in [1.29, 1.82) is 0 Å². The van der Waals surface area contributed by atoms with Gasteiger partial charge in [-0.2, -0.15) is 0 Å². The Balaban J connectivity index is 2.95. The first-order chi connectivity index (χ1) is 8.06. The molecule has 0 radical (unpaired) electrons. The lowest BCUT2D eigenvalue weighted by Gasteiger charge is -2.08. The number of carbonyl (C=O) groups excluding carboxylic acids is 2. The van der Waals surface area contributed by atoms with Gasteiger partial charge in [-0.05, 0) is 23.3 Å². The highest BCUT2D eigenvalue weighted by atomic mass is 79.9. The van der Waals surface area contributed by atoms with Crippen molar-refractivity contribution in [2.45, 2.75) is 12.8 Å². The van der Waals surface area contributed by atoms with Gasteiger partial charge in [-0.1, -0.05) is 37.9 Å². The van der Waals surface area contributed by atoms with Gasteiger partial charge in [-0.25, -0.2) is 0 Å². The van der Waals surface area contributed by atoms with E-state index in [1.165, 1.54) is 7.11 Å². The van der Waals surface area contributed by atoms with Crippen LogP contribution >= 0.6 is 31.9 Å². The third-order valence-corrected chi connectivity index (χ3v) is 3.39. The van der Waals surface area contributed by atoms with E-state index < -0.39 is 0 Å². The van der Waals surface area contributed by atoms with Crippen LogP contribution in [0, 0.1) is 0 Å². The average molecular weight is 364 g/mol. The summed E-state index contributed by atoms with van der Waals surface area (Å²) < 4.78 is 5.52. The number of benzene rings is 1. The van der Waals surface area contributed by atoms with Crippen LogP contribution in [0.25, 0.3) is 0 Å². The SMILES string of the molecule is COC(=O)Cc1ccc(Br)cc1CC(=O)CBr. The quantitative estimate of drug-likeness (QED) is 0.596. The summed E-state index contributed by atoms with van der Waals surface area (Å²) in [5.41, 5.74) is 1.68. The largest absolute Gasteiger partial charge is 0.469 e. The fourth-order valence-corrected chi connectivity index (χ4v) is 2.03. The summed E-state index contributed by atoms with van der Waals surface area (Å²) in [5, 5.41) is 0.317. The molecule has 0 heterocycles. The van der Waals surface area contributed by atoms with Crippen LogP contribution in [0.5, 0.6) is 0 Å². The van der Waals surface area contributed by atoms with Crippen molar-refractivity contribution in [3.8, 4) is 0 Å². The lowest BCUT2D eigenvalue weighted by Crippen LogP contribution is -2.10. The fourth-order valence-electron chi connectivity index (χ4n) is 1.42. The standard InChI is InChI=1S/C12H12Br2O3/c1-17-12(16)6-8-2-3-10(14)4-9(8)5-11(15)7-13/h2-4H,5-7H2,1H3. The van der Waals surface area contributed by atoms with Gasteiger partial charge in [0.25, 0.3) is 0 Å². The van der Waals surface area contributed by atoms with Crippen LogP contribution in [0.3, 0.4) is 0 Å². The van der Waals surface area contributed by atoms with Crippen LogP contribution in [0.2, 0.25) is 0 Å². The van der Waals surface area contributed by atoms with Gasteiger partial charge in [-0.15, -0.1) is 0 Å². The highest BCUT2D eigenvalue weighted by Crippen LogP contribution is 2.18. The normalized spacial score (nSPS) is 10.1. The second kappa shape index (κ2) is 6.91. The Kier molecular flexibility index (Phi) is 5.85. The molecule has 0 amide bonds. The Morgan fingerprint density at radius 3 is 2.53 bits per heavy atom. The minimum absolute atomic E-state index is 0.0780. The predicted molar refractivity (Wildman–Crippen MR) is 72.4 cm³/mol. The number of hydrogen-bond donors (Lipinski definition) is 0. The first kappa shape index (κ1) is 14.4. The highest BCUT2D eigenvalue weighted by molar-refractivity contribution is 9.10.